The summed E-state index contributed by atoms with van der Waals surface area (Å²) < 4.78 is 0. The van der Waals surface area contributed by atoms with Gasteiger partial charge in [0.15, 0.2) is 0 Å². The van der Waals surface area contributed by atoms with E-state index in [2.05, 4.69) is 42.6 Å². The lowest BCUT2D eigenvalue weighted by atomic mass is 10.1. The van der Waals surface area contributed by atoms with Crippen LogP contribution in [0.25, 0.3) is 0 Å². The van der Waals surface area contributed by atoms with Gasteiger partial charge in [0, 0.05) is 43.3 Å². The second-order valence-corrected chi connectivity index (χ2v) is 6.85. The predicted octanol–water partition coefficient (Wildman–Crippen LogP) is 0.594. The molecule has 0 bridgehead atoms. The maximum absolute atomic E-state index is 12.5. The molecule has 2 aromatic heterocycles. The van der Waals surface area contributed by atoms with E-state index in [-0.39, 0.29) is 23.9 Å². The van der Waals surface area contributed by atoms with E-state index in [0.29, 0.717) is 31.7 Å². The van der Waals surface area contributed by atoms with E-state index in [1.165, 1.54) is 0 Å². The fourth-order valence-electron chi connectivity index (χ4n) is 3.47. The normalized spacial score (nSPS) is 19.9. The van der Waals surface area contributed by atoms with E-state index in [9.17, 15) is 9.59 Å². The van der Waals surface area contributed by atoms with Crippen LogP contribution in [0.2, 0.25) is 0 Å². The van der Waals surface area contributed by atoms with Gasteiger partial charge < -0.3 is 15.6 Å². The SMILES string of the molecule is CCCc1cc(C(=O)N[C@H]2C[C@@H](C(=O)NCC)N(Cc3cnc[nH]3)C2)n[nH]1. The van der Waals surface area contributed by atoms with Gasteiger partial charge in [-0.15, -0.1) is 0 Å². The summed E-state index contributed by atoms with van der Waals surface area (Å²) in [5.41, 5.74) is 2.28. The van der Waals surface area contributed by atoms with Gasteiger partial charge in [-0.05, 0) is 25.8 Å². The van der Waals surface area contributed by atoms with Crippen molar-refractivity contribution in [3.8, 4) is 0 Å². The third-order valence-corrected chi connectivity index (χ3v) is 4.70. The van der Waals surface area contributed by atoms with Crippen LogP contribution in [0.1, 0.15) is 48.6 Å². The molecule has 146 valence electrons. The van der Waals surface area contributed by atoms with Gasteiger partial charge in [-0.2, -0.15) is 5.10 Å². The fraction of sp³-hybridized carbons (Fsp3) is 0.556. The molecule has 2 atom stereocenters. The number of nitrogens with one attached hydrogen (secondary N) is 4. The lowest BCUT2D eigenvalue weighted by molar-refractivity contribution is -0.125. The molecule has 2 aromatic rings. The summed E-state index contributed by atoms with van der Waals surface area (Å²) in [6, 6.07) is 1.39. The molecule has 27 heavy (non-hydrogen) atoms. The van der Waals surface area contributed by atoms with Gasteiger partial charge in [0.1, 0.15) is 5.69 Å². The number of likely N-dealkylation sites (tertiary alicyclic amines) is 1. The number of H-pyrrole nitrogens is 2. The number of imidazole rings is 1. The first-order chi connectivity index (χ1) is 13.1. The van der Waals surface area contributed by atoms with E-state index in [1.807, 2.05) is 6.92 Å². The first-order valence-electron chi connectivity index (χ1n) is 9.44. The Labute approximate surface area is 158 Å². The molecule has 3 heterocycles. The Morgan fingerprint density at radius 3 is 2.89 bits per heavy atom. The number of carbonyl (C=O) groups is 2. The summed E-state index contributed by atoms with van der Waals surface area (Å²) in [5, 5.41) is 12.9. The Bertz CT molecular complexity index is 756. The molecular formula is C18H27N7O2. The molecule has 1 aliphatic rings. The van der Waals surface area contributed by atoms with Gasteiger partial charge in [0.25, 0.3) is 5.91 Å². The maximum atomic E-state index is 12.5. The summed E-state index contributed by atoms with van der Waals surface area (Å²) in [7, 11) is 0. The highest BCUT2D eigenvalue weighted by Gasteiger charge is 2.37. The first kappa shape index (κ1) is 19.1. The Kier molecular flexibility index (Phi) is 6.23. The standard InChI is InChI=1S/C18H27N7O2/c1-3-5-12-6-15(24-23-12)17(26)22-13-7-16(18(27)20-4-2)25(9-13)10-14-8-19-11-21-14/h6,8,11,13,16H,3-5,7,9-10H2,1-2H3,(H,19,21)(H,20,27)(H,22,26)(H,23,24)/t13-,16-/m0/s1. The molecule has 3 rings (SSSR count). The molecule has 1 aliphatic heterocycles. The zero-order valence-corrected chi connectivity index (χ0v) is 15.8. The van der Waals surface area contributed by atoms with Gasteiger partial charge in [0.05, 0.1) is 12.4 Å². The molecule has 0 aliphatic carbocycles. The molecule has 0 saturated carbocycles. The van der Waals surface area contributed by atoms with E-state index >= 15 is 0 Å². The molecule has 0 spiro atoms. The van der Waals surface area contributed by atoms with Crippen molar-refractivity contribution in [1.82, 2.24) is 35.7 Å². The van der Waals surface area contributed by atoms with Gasteiger partial charge >= 0.3 is 0 Å². The lowest BCUT2D eigenvalue weighted by Crippen LogP contribution is -2.42. The minimum Gasteiger partial charge on any atom is -0.355 e. The zero-order chi connectivity index (χ0) is 19.2. The van der Waals surface area contributed by atoms with E-state index in [4.69, 9.17) is 0 Å². The highest BCUT2D eigenvalue weighted by atomic mass is 16.2. The van der Waals surface area contributed by atoms with Crippen molar-refractivity contribution in [2.75, 3.05) is 13.1 Å². The Morgan fingerprint density at radius 2 is 2.19 bits per heavy atom. The molecule has 1 saturated heterocycles. The van der Waals surface area contributed by atoms with Crippen LogP contribution in [0.15, 0.2) is 18.6 Å². The Balaban J connectivity index is 1.64. The highest BCUT2D eigenvalue weighted by molar-refractivity contribution is 5.92. The number of nitrogens with zero attached hydrogens (tertiary/aromatic N) is 3. The summed E-state index contributed by atoms with van der Waals surface area (Å²) in [4.78, 5) is 34.1. The summed E-state index contributed by atoms with van der Waals surface area (Å²) in [5.74, 6) is -0.226. The Morgan fingerprint density at radius 1 is 1.33 bits per heavy atom. The van der Waals surface area contributed by atoms with Gasteiger partial charge in [-0.3, -0.25) is 19.6 Å². The largest absolute Gasteiger partial charge is 0.355 e. The monoisotopic (exact) mass is 373 g/mol. The summed E-state index contributed by atoms with van der Waals surface area (Å²) >= 11 is 0. The number of rotatable bonds is 8. The minimum absolute atomic E-state index is 0.0150. The van der Waals surface area contributed by atoms with Crippen molar-refractivity contribution in [2.24, 2.45) is 0 Å². The minimum atomic E-state index is -0.284. The number of aryl methyl sites for hydroxylation is 1. The third kappa shape index (κ3) is 4.73. The number of likely N-dealkylation sites (N-methyl/N-ethyl adjacent to an activating group) is 1. The van der Waals surface area contributed by atoms with Crippen LogP contribution in [0.4, 0.5) is 0 Å². The van der Waals surface area contributed by atoms with E-state index < -0.39 is 0 Å². The zero-order valence-electron chi connectivity index (χ0n) is 15.8. The number of carbonyl (C=O) groups excluding carboxylic acids is 2. The number of aromatic amines is 2. The lowest BCUT2D eigenvalue weighted by Gasteiger charge is -2.22. The van der Waals surface area contributed by atoms with Crippen LogP contribution < -0.4 is 10.6 Å². The second kappa shape index (κ2) is 8.81. The topological polar surface area (TPSA) is 119 Å². The van der Waals surface area contributed by atoms with Crippen LogP contribution >= 0.6 is 0 Å². The van der Waals surface area contributed by atoms with Crippen molar-refractivity contribution in [3.05, 3.63) is 35.7 Å². The van der Waals surface area contributed by atoms with E-state index in [1.54, 1.807) is 18.6 Å². The van der Waals surface area contributed by atoms with Gasteiger partial charge in [0.2, 0.25) is 5.91 Å². The molecule has 9 nitrogen and oxygen atoms in total. The molecule has 0 aromatic carbocycles. The molecular weight excluding hydrogens is 346 g/mol. The number of hydrogen-bond acceptors (Lipinski definition) is 5. The molecule has 9 heteroatoms. The number of amides is 2. The second-order valence-electron chi connectivity index (χ2n) is 6.85. The van der Waals surface area contributed by atoms with Crippen molar-refractivity contribution in [3.63, 3.8) is 0 Å². The molecule has 2 amide bonds. The molecule has 0 unspecified atom stereocenters. The molecule has 1 fully saturated rings. The highest BCUT2D eigenvalue weighted by Crippen LogP contribution is 2.21. The molecule has 0 radical (unpaired) electrons. The molecule has 4 N–H and O–H groups in total. The predicted molar refractivity (Wildman–Crippen MR) is 99.9 cm³/mol. The van der Waals surface area contributed by atoms with Gasteiger partial charge in [-0.1, -0.05) is 13.3 Å². The van der Waals surface area contributed by atoms with Crippen LogP contribution in [-0.4, -0.2) is 62.1 Å². The third-order valence-electron chi connectivity index (χ3n) is 4.70. The van der Waals surface area contributed by atoms with Gasteiger partial charge in [-0.25, -0.2) is 4.98 Å². The Hall–Kier alpha value is -2.68. The smallest absolute Gasteiger partial charge is 0.272 e. The average Bonchev–Trinajstić information content (AvgIpc) is 3.37. The van der Waals surface area contributed by atoms with Crippen molar-refractivity contribution < 1.29 is 9.59 Å². The quantitative estimate of drug-likeness (QED) is 0.540. The average molecular weight is 373 g/mol. The van der Waals surface area contributed by atoms with Crippen LogP contribution in [0, 0.1) is 0 Å². The van der Waals surface area contributed by atoms with Crippen LogP contribution in [-0.2, 0) is 17.8 Å². The van der Waals surface area contributed by atoms with Crippen molar-refractivity contribution in [2.45, 2.75) is 51.7 Å². The first-order valence-corrected chi connectivity index (χ1v) is 9.44. The maximum Gasteiger partial charge on any atom is 0.272 e. The summed E-state index contributed by atoms with van der Waals surface area (Å²) in [6.07, 6.45) is 5.79. The van der Waals surface area contributed by atoms with Crippen LogP contribution in [0.5, 0.6) is 0 Å². The number of aromatic nitrogens is 4. The van der Waals surface area contributed by atoms with E-state index in [0.717, 1.165) is 24.2 Å². The number of hydrogen-bond donors (Lipinski definition) is 4. The van der Waals surface area contributed by atoms with Crippen LogP contribution in [0.3, 0.4) is 0 Å². The fourth-order valence-corrected chi connectivity index (χ4v) is 3.47. The summed E-state index contributed by atoms with van der Waals surface area (Å²) in [6.45, 7) is 5.74. The van der Waals surface area contributed by atoms with Crippen molar-refractivity contribution in [1.29, 1.82) is 0 Å². The van der Waals surface area contributed by atoms with Crippen molar-refractivity contribution >= 4 is 11.8 Å².